The largest absolute Gasteiger partial charge is 0.508 e. The molecule has 0 radical (unpaired) electrons. The highest BCUT2D eigenvalue weighted by Crippen LogP contribution is 2.32. The average Bonchev–Trinajstić information content (AvgIpc) is 2.98. The van der Waals surface area contributed by atoms with E-state index in [-0.39, 0.29) is 11.5 Å². The van der Waals surface area contributed by atoms with Gasteiger partial charge in [0.15, 0.2) is 11.5 Å². The van der Waals surface area contributed by atoms with E-state index < -0.39 is 0 Å². The molecule has 6 nitrogen and oxygen atoms in total. The third-order valence-corrected chi connectivity index (χ3v) is 3.76. The number of anilines is 1. The molecule has 0 aliphatic heterocycles. The molecule has 2 aromatic heterocycles. The van der Waals surface area contributed by atoms with Crippen LogP contribution in [0.1, 0.15) is 0 Å². The second-order valence-corrected chi connectivity index (χ2v) is 5.24. The van der Waals surface area contributed by atoms with E-state index in [0.717, 1.165) is 16.7 Å². The lowest BCUT2D eigenvalue weighted by Crippen LogP contribution is -2.00. The monoisotopic (exact) mass is 306 g/mol. The van der Waals surface area contributed by atoms with Crippen LogP contribution >= 0.6 is 0 Å². The number of aromatic hydroxyl groups is 2. The van der Waals surface area contributed by atoms with E-state index in [0.29, 0.717) is 17.0 Å². The van der Waals surface area contributed by atoms with Gasteiger partial charge in [-0.05, 0) is 24.3 Å². The van der Waals surface area contributed by atoms with Gasteiger partial charge in [-0.25, -0.2) is 9.97 Å². The molecular weight excluding hydrogens is 292 g/mol. The highest BCUT2D eigenvalue weighted by Gasteiger charge is 2.14. The number of fused-ring (bicyclic) bond motifs is 3. The molecule has 3 N–H and O–H groups in total. The number of hydrogen-bond acceptors (Lipinski definition) is 5. The Hall–Kier alpha value is -3.28. The maximum absolute atomic E-state index is 9.76. The smallest absolute Gasteiger partial charge is 0.181 e. The molecular formula is C17H14N4O2. The van der Waals surface area contributed by atoms with Gasteiger partial charge in [0, 0.05) is 18.7 Å². The van der Waals surface area contributed by atoms with Crippen LogP contribution in [-0.4, -0.2) is 31.6 Å². The van der Waals surface area contributed by atoms with Gasteiger partial charge in [-0.2, -0.15) is 0 Å². The third-order valence-electron chi connectivity index (χ3n) is 3.76. The summed E-state index contributed by atoms with van der Waals surface area (Å²) in [6, 6.07) is 12.2. The summed E-state index contributed by atoms with van der Waals surface area (Å²) in [7, 11) is 1.80. The first kappa shape index (κ1) is 13.4. The predicted molar refractivity (Wildman–Crippen MR) is 88.8 cm³/mol. The number of hydrogen-bond donors (Lipinski definition) is 3. The van der Waals surface area contributed by atoms with Gasteiger partial charge in [-0.15, -0.1) is 0 Å². The lowest BCUT2D eigenvalue weighted by molar-refractivity contribution is 0.451. The highest BCUT2D eigenvalue weighted by atomic mass is 16.3. The normalized spacial score (nSPS) is 11.2. The van der Waals surface area contributed by atoms with Crippen molar-refractivity contribution in [2.75, 3.05) is 12.4 Å². The van der Waals surface area contributed by atoms with Gasteiger partial charge in [0.1, 0.15) is 11.5 Å². The molecule has 4 rings (SSSR count). The summed E-state index contributed by atoms with van der Waals surface area (Å²) in [5.74, 6) is 0.670. The van der Waals surface area contributed by atoms with Crippen molar-refractivity contribution in [2.24, 2.45) is 0 Å². The number of rotatable bonds is 2. The fourth-order valence-electron chi connectivity index (χ4n) is 2.80. The van der Waals surface area contributed by atoms with Gasteiger partial charge in [0.25, 0.3) is 0 Å². The van der Waals surface area contributed by atoms with E-state index in [4.69, 9.17) is 0 Å². The average molecular weight is 306 g/mol. The Morgan fingerprint density at radius 1 is 1.04 bits per heavy atom. The summed E-state index contributed by atoms with van der Waals surface area (Å²) < 4.78 is 1.96. The number of benzene rings is 2. The van der Waals surface area contributed by atoms with Crippen molar-refractivity contribution in [1.29, 1.82) is 0 Å². The minimum atomic E-state index is 0.00199. The summed E-state index contributed by atoms with van der Waals surface area (Å²) in [6.45, 7) is 0. The molecule has 0 unspecified atom stereocenters. The zero-order valence-electron chi connectivity index (χ0n) is 12.4. The lowest BCUT2D eigenvalue weighted by Gasteiger charge is -2.10. The Bertz CT molecular complexity index is 1020. The lowest BCUT2D eigenvalue weighted by atomic mass is 10.1. The number of phenolic OH excluding ortho intramolecular Hbond substituents is 2. The van der Waals surface area contributed by atoms with Gasteiger partial charge in [0.05, 0.1) is 22.9 Å². The fraction of sp³-hybridized carbons (Fsp3) is 0.0588. The van der Waals surface area contributed by atoms with E-state index >= 15 is 0 Å². The number of imidazole rings is 1. The van der Waals surface area contributed by atoms with Crippen LogP contribution in [0.3, 0.4) is 0 Å². The Morgan fingerprint density at radius 2 is 1.78 bits per heavy atom. The molecule has 0 atom stereocenters. The van der Waals surface area contributed by atoms with E-state index in [9.17, 15) is 10.2 Å². The molecule has 0 saturated carbocycles. The second kappa shape index (κ2) is 4.88. The molecule has 0 aliphatic rings. The first-order valence-electron chi connectivity index (χ1n) is 7.15. The first-order chi connectivity index (χ1) is 11.2. The summed E-state index contributed by atoms with van der Waals surface area (Å²) in [5.41, 5.74) is 3.85. The van der Waals surface area contributed by atoms with Crippen LogP contribution in [0.4, 0.5) is 5.82 Å². The number of aromatic nitrogens is 3. The van der Waals surface area contributed by atoms with Crippen molar-refractivity contribution in [1.82, 2.24) is 14.4 Å². The van der Waals surface area contributed by atoms with Crippen LogP contribution in [0.2, 0.25) is 0 Å². The molecule has 0 bridgehead atoms. The van der Waals surface area contributed by atoms with Crippen LogP contribution in [0.15, 0.2) is 48.7 Å². The van der Waals surface area contributed by atoms with E-state index in [1.807, 2.05) is 28.7 Å². The van der Waals surface area contributed by atoms with Crippen LogP contribution in [0, 0.1) is 0 Å². The Labute approximate surface area is 131 Å². The molecule has 0 amide bonds. The molecule has 0 spiro atoms. The summed E-state index contributed by atoms with van der Waals surface area (Å²) >= 11 is 0. The Morgan fingerprint density at radius 3 is 2.52 bits per heavy atom. The molecule has 2 heterocycles. The van der Waals surface area contributed by atoms with E-state index in [1.165, 1.54) is 6.07 Å². The first-order valence-corrected chi connectivity index (χ1v) is 7.15. The van der Waals surface area contributed by atoms with Gasteiger partial charge in [-0.3, -0.25) is 4.40 Å². The summed E-state index contributed by atoms with van der Waals surface area (Å²) in [6.07, 6.45) is 1.71. The van der Waals surface area contributed by atoms with E-state index in [1.54, 1.807) is 25.4 Å². The number of nitrogens with one attached hydrogen (secondary N) is 1. The number of para-hydroxylation sites is 2. The summed E-state index contributed by atoms with van der Waals surface area (Å²) in [5, 5.41) is 22.6. The number of nitrogens with zero attached hydrogens (tertiary/aromatic N) is 3. The van der Waals surface area contributed by atoms with Crippen LogP contribution in [-0.2, 0) is 0 Å². The van der Waals surface area contributed by atoms with Crippen molar-refractivity contribution < 1.29 is 10.2 Å². The second-order valence-electron chi connectivity index (χ2n) is 5.24. The van der Waals surface area contributed by atoms with Crippen molar-refractivity contribution in [3.8, 4) is 22.8 Å². The molecule has 23 heavy (non-hydrogen) atoms. The third kappa shape index (κ3) is 2.03. The predicted octanol–water partition coefficient (Wildman–Crippen LogP) is 3.00. The van der Waals surface area contributed by atoms with Crippen molar-refractivity contribution in [2.45, 2.75) is 0 Å². The highest BCUT2D eigenvalue weighted by molar-refractivity contribution is 5.86. The molecule has 4 aromatic rings. The fourth-order valence-corrected chi connectivity index (χ4v) is 2.80. The van der Waals surface area contributed by atoms with Gasteiger partial charge in [0.2, 0.25) is 0 Å². The zero-order chi connectivity index (χ0) is 16.0. The van der Waals surface area contributed by atoms with Gasteiger partial charge >= 0.3 is 0 Å². The molecule has 114 valence electrons. The van der Waals surface area contributed by atoms with E-state index in [2.05, 4.69) is 15.3 Å². The molecule has 0 aliphatic carbocycles. The summed E-state index contributed by atoms with van der Waals surface area (Å²) in [4.78, 5) is 9.02. The van der Waals surface area contributed by atoms with Crippen LogP contribution < -0.4 is 5.32 Å². The number of phenols is 2. The van der Waals surface area contributed by atoms with Crippen LogP contribution in [0.5, 0.6) is 11.5 Å². The van der Waals surface area contributed by atoms with Gasteiger partial charge < -0.3 is 15.5 Å². The van der Waals surface area contributed by atoms with Crippen molar-refractivity contribution in [3.63, 3.8) is 0 Å². The van der Waals surface area contributed by atoms with Crippen molar-refractivity contribution >= 4 is 22.5 Å². The maximum atomic E-state index is 9.76. The standard InChI is InChI=1S/C17H14N4O2/c1-18-16-17-19-9-15(10-6-11(22)8-12(23)7-10)21(17)14-5-3-2-4-13(14)20-16/h2-9,22-23H,1H3,(H,18,20). The Balaban J connectivity index is 2.14. The van der Waals surface area contributed by atoms with Crippen molar-refractivity contribution in [3.05, 3.63) is 48.7 Å². The zero-order valence-corrected chi connectivity index (χ0v) is 12.4. The molecule has 0 saturated heterocycles. The topological polar surface area (TPSA) is 82.7 Å². The van der Waals surface area contributed by atoms with Crippen LogP contribution in [0.25, 0.3) is 27.9 Å². The maximum Gasteiger partial charge on any atom is 0.181 e. The SMILES string of the molecule is CNc1nc2ccccc2n2c(-c3cc(O)cc(O)c3)cnc12. The quantitative estimate of drug-likeness (QED) is 0.530. The minimum Gasteiger partial charge on any atom is -0.508 e. The Kier molecular flexibility index (Phi) is 2.84. The molecule has 6 heteroatoms. The van der Waals surface area contributed by atoms with Gasteiger partial charge in [-0.1, -0.05) is 12.1 Å². The molecule has 2 aromatic carbocycles. The molecule has 0 fully saturated rings. The minimum absolute atomic E-state index is 0.00199.